The number of hydrogen-bond donors (Lipinski definition) is 1. The number of rotatable bonds is 24. The van der Waals surface area contributed by atoms with Crippen molar-refractivity contribution in [3.63, 3.8) is 0 Å². The Morgan fingerprint density at radius 1 is 0.448 bits per heavy atom. The van der Waals surface area contributed by atoms with Crippen LogP contribution < -0.4 is 0 Å². The number of halogens is 1. The van der Waals surface area contributed by atoms with Crippen LogP contribution in [0, 0.1) is 0 Å². The third kappa shape index (κ3) is 23.8. The highest BCUT2D eigenvalue weighted by atomic mass is 79.9. The van der Waals surface area contributed by atoms with Gasteiger partial charge in [-0.25, -0.2) is 4.79 Å². The Labute approximate surface area is 188 Å². The highest BCUT2D eigenvalue weighted by molar-refractivity contribution is 9.09. The SMILES string of the molecule is O=C(O)C(=O)CCCCCCCCCCCCCCCCCCCCCCCBr. The molecule has 1 N–H and O–H groups in total. The van der Waals surface area contributed by atoms with E-state index in [1.807, 2.05) is 0 Å². The van der Waals surface area contributed by atoms with Gasteiger partial charge in [-0.2, -0.15) is 0 Å². The lowest BCUT2D eigenvalue weighted by Crippen LogP contribution is -2.11. The molecule has 0 heterocycles. The van der Waals surface area contributed by atoms with E-state index in [4.69, 9.17) is 5.11 Å². The van der Waals surface area contributed by atoms with E-state index in [9.17, 15) is 9.59 Å². The standard InChI is InChI=1S/C25H47BrO3/c26-23-21-19-17-15-13-11-9-7-5-3-1-2-4-6-8-10-12-14-16-18-20-22-24(27)25(28)29/h1-23H2,(H,28,29). The molecule has 0 amide bonds. The average Bonchev–Trinajstić information content (AvgIpc) is 2.71. The predicted molar refractivity (Wildman–Crippen MR) is 128 cm³/mol. The van der Waals surface area contributed by atoms with Gasteiger partial charge >= 0.3 is 5.97 Å². The lowest BCUT2D eigenvalue weighted by atomic mass is 10.0. The zero-order valence-electron chi connectivity index (χ0n) is 18.9. The van der Waals surface area contributed by atoms with Gasteiger partial charge in [-0.1, -0.05) is 138 Å². The zero-order valence-corrected chi connectivity index (χ0v) is 20.5. The van der Waals surface area contributed by atoms with E-state index in [2.05, 4.69) is 15.9 Å². The summed E-state index contributed by atoms with van der Waals surface area (Å²) in [6, 6.07) is 0. The van der Waals surface area contributed by atoms with Gasteiger partial charge < -0.3 is 5.11 Å². The van der Waals surface area contributed by atoms with E-state index >= 15 is 0 Å². The van der Waals surface area contributed by atoms with Crippen LogP contribution in [0.1, 0.15) is 141 Å². The molecular weight excluding hydrogens is 428 g/mol. The summed E-state index contributed by atoms with van der Waals surface area (Å²) in [5.41, 5.74) is 0. The molecule has 0 aliphatic heterocycles. The van der Waals surface area contributed by atoms with Crippen LogP contribution in [0.3, 0.4) is 0 Å². The van der Waals surface area contributed by atoms with Crippen LogP contribution in [0.5, 0.6) is 0 Å². The summed E-state index contributed by atoms with van der Waals surface area (Å²) in [5, 5.41) is 9.67. The molecular formula is C25H47BrO3. The minimum absolute atomic E-state index is 0.202. The summed E-state index contributed by atoms with van der Waals surface area (Å²) in [4.78, 5) is 21.3. The second kappa shape index (κ2) is 23.9. The molecule has 0 unspecified atom stereocenters. The van der Waals surface area contributed by atoms with E-state index in [-0.39, 0.29) is 6.42 Å². The molecule has 0 radical (unpaired) electrons. The molecule has 0 atom stereocenters. The summed E-state index contributed by atoms with van der Waals surface area (Å²) >= 11 is 3.49. The molecule has 0 aromatic rings. The molecule has 172 valence electrons. The van der Waals surface area contributed by atoms with Crippen LogP contribution in [-0.2, 0) is 9.59 Å². The number of carboxylic acid groups (broad SMARTS) is 1. The number of unbranched alkanes of at least 4 members (excludes halogenated alkanes) is 20. The summed E-state index contributed by atoms with van der Waals surface area (Å²) in [5.74, 6) is -1.93. The highest BCUT2D eigenvalue weighted by Crippen LogP contribution is 2.15. The monoisotopic (exact) mass is 474 g/mol. The van der Waals surface area contributed by atoms with Crippen molar-refractivity contribution in [3.8, 4) is 0 Å². The summed E-state index contributed by atoms with van der Waals surface area (Å²) < 4.78 is 0. The van der Waals surface area contributed by atoms with Crippen LogP contribution in [0.15, 0.2) is 0 Å². The Bertz CT molecular complexity index is 371. The maximum atomic E-state index is 11.0. The molecule has 0 aliphatic carbocycles. The van der Waals surface area contributed by atoms with Gasteiger partial charge in [0.05, 0.1) is 0 Å². The van der Waals surface area contributed by atoms with Crippen molar-refractivity contribution in [3.05, 3.63) is 0 Å². The summed E-state index contributed by atoms with van der Waals surface area (Å²) in [6.45, 7) is 0. The molecule has 0 saturated heterocycles. The molecule has 0 aliphatic rings. The second-order valence-electron chi connectivity index (χ2n) is 8.59. The molecule has 0 aromatic heterocycles. The van der Waals surface area contributed by atoms with E-state index in [0.717, 1.165) is 24.6 Å². The number of carboxylic acids is 1. The number of alkyl halides is 1. The average molecular weight is 476 g/mol. The van der Waals surface area contributed by atoms with Crippen molar-refractivity contribution in [2.24, 2.45) is 0 Å². The van der Waals surface area contributed by atoms with Crippen LogP contribution >= 0.6 is 15.9 Å². The van der Waals surface area contributed by atoms with E-state index in [1.165, 1.54) is 116 Å². The number of ketones is 1. The summed E-state index contributed by atoms with van der Waals surface area (Å²) in [6.07, 6.45) is 28.0. The molecule has 0 saturated carbocycles. The van der Waals surface area contributed by atoms with Crippen molar-refractivity contribution in [2.75, 3.05) is 5.33 Å². The fourth-order valence-electron chi connectivity index (χ4n) is 3.85. The first-order valence-corrected chi connectivity index (χ1v) is 13.6. The Morgan fingerprint density at radius 2 is 0.690 bits per heavy atom. The molecule has 0 aromatic carbocycles. The largest absolute Gasteiger partial charge is 0.476 e. The third-order valence-corrected chi connectivity index (χ3v) is 6.34. The van der Waals surface area contributed by atoms with Crippen molar-refractivity contribution in [1.29, 1.82) is 0 Å². The van der Waals surface area contributed by atoms with Crippen LogP contribution in [0.4, 0.5) is 0 Å². The maximum absolute atomic E-state index is 11.0. The number of carbonyl (C=O) groups excluding carboxylic acids is 1. The van der Waals surface area contributed by atoms with Crippen molar-refractivity contribution >= 4 is 27.7 Å². The van der Waals surface area contributed by atoms with Crippen LogP contribution in [0.25, 0.3) is 0 Å². The smallest absolute Gasteiger partial charge is 0.372 e. The first-order valence-electron chi connectivity index (χ1n) is 12.5. The third-order valence-electron chi connectivity index (χ3n) is 5.78. The molecule has 0 rings (SSSR count). The van der Waals surface area contributed by atoms with Gasteiger partial charge in [0.2, 0.25) is 5.78 Å². The number of hydrogen-bond acceptors (Lipinski definition) is 2. The Morgan fingerprint density at radius 3 is 0.931 bits per heavy atom. The molecule has 29 heavy (non-hydrogen) atoms. The van der Waals surface area contributed by atoms with Crippen LogP contribution in [0.2, 0.25) is 0 Å². The lowest BCUT2D eigenvalue weighted by Gasteiger charge is -2.04. The number of aliphatic carboxylic acids is 1. The van der Waals surface area contributed by atoms with Crippen LogP contribution in [-0.4, -0.2) is 22.2 Å². The van der Waals surface area contributed by atoms with Gasteiger partial charge in [-0.3, -0.25) is 4.79 Å². The first kappa shape index (κ1) is 28.6. The van der Waals surface area contributed by atoms with E-state index in [0.29, 0.717) is 0 Å². The fourth-order valence-corrected chi connectivity index (χ4v) is 4.24. The van der Waals surface area contributed by atoms with Gasteiger partial charge in [0.25, 0.3) is 0 Å². The maximum Gasteiger partial charge on any atom is 0.372 e. The number of Topliss-reactive ketones (excluding diaryl/α,β-unsaturated/α-hetero) is 1. The Kier molecular flexibility index (Phi) is 23.6. The van der Waals surface area contributed by atoms with Gasteiger partial charge in [0, 0.05) is 11.8 Å². The van der Waals surface area contributed by atoms with Gasteiger partial charge in [-0.15, -0.1) is 0 Å². The molecule has 3 nitrogen and oxygen atoms in total. The van der Waals surface area contributed by atoms with Crippen molar-refractivity contribution in [2.45, 2.75) is 141 Å². The summed E-state index contributed by atoms with van der Waals surface area (Å²) in [7, 11) is 0. The van der Waals surface area contributed by atoms with Gasteiger partial charge in [0.15, 0.2) is 0 Å². The molecule has 0 spiro atoms. The molecule has 0 bridgehead atoms. The van der Waals surface area contributed by atoms with Gasteiger partial charge in [-0.05, 0) is 12.8 Å². The highest BCUT2D eigenvalue weighted by Gasteiger charge is 2.09. The number of carbonyl (C=O) groups is 2. The zero-order chi connectivity index (χ0) is 21.4. The molecule has 4 heteroatoms. The topological polar surface area (TPSA) is 54.4 Å². The minimum atomic E-state index is -1.28. The van der Waals surface area contributed by atoms with E-state index < -0.39 is 11.8 Å². The Balaban J connectivity index is 3.05. The quantitative estimate of drug-likeness (QED) is 0.0864. The second-order valence-corrected chi connectivity index (χ2v) is 9.38. The van der Waals surface area contributed by atoms with Crippen molar-refractivity contribution < 1.29 is 14.7 Å². The Hall–Kier alpha value is -0.380. The predicted octanol–water partition coefficient (Wildman–Crippen LogP) is 8.62. The van der Waals surface area contributed by atoms with Crippen molar-refractivity contribution in [1.82, 2.24) is 0 Å². The first-order chi connectivity index (χ1) is 14.2. The normalized spacial score (nSPS) is 11.1. The fraction of sp³-hybridized carbons (Fsp3) is 0.920. The molecule has 0 fully saturated rings. The lowest BCUT2D eigenvalue weighted by molar-refractivity contribution is -0.149. The van der Waals surface area contributed by atoms with Gasteiger partial charge in [0.1, 0.15) is 0 Å². The van der Waals surface area contributed by atoms with E-state index in [1.54, 1.807) is 0 Å². The minimum Gasteiger partial charge on any atom is -0.476 e.